The van der Waals surface area contributed by atoms with Crippen LogP contribution in [0.25, 0.3) is 0 Å². The Hall–Kier alpha value is -1.60. The van der Waals surface area contributed by atoms with Crippen molar-refractivity contribution in [3.63, 3.8) is 0 Å². The molecule has 1 aromatic rings. The Morgan fingerprint density at radius 1 is 1.42 bits per heavy atom. The van der Waals surface area contributed by atoms with Crippen LogP contribution in [0.1, 0.15) is 29.8 Å². The zero-order valence-corrected chi connectivity index (χ0v) is 14.9. The standard InChI is InChI=1S/C16H23ClN4O3/c1-19-10-12(17)13(18-19)14(22)21-7-5-16(11-21)4-3-6-20(15(16)23)8-9-24-2/h10H,3-9,11H2,1-2H3. The highest BCUT2D eigenvalue weighted by Gasteiger charge is 2.49. The molecule has 0 bridgehead atoms. The molecule has 0 aromatic carbocycles. The Morgan fingerprint density at radius 2 is 2.21 bits per heavy atom. The number of aryl methyl sites for hydroxylation is 1. The summed E-state index contributed by atoms with van der Waals surface area (Å²) in [6, 6.07) is 0. The van der Waals surface area contributed by atoms with E-state index < -0.39 is 5.41 Å². The maximum atomic E-state index is 12.9. The molecule has 2 aliphatic heterocycles. The van der Waals surface area contributed by atoms with Crippen LogP contribution >= 0.6 is 11.6 Å². The first kappa shape index (κ1) is 17.2. The topological polar surface area (TPSA) is 67.7 Å². The van der Waals surface area contributed by atoms with Gasteiger partial charge < -0.3 is 14.5 Å². The normalized spacial score (nSPS) is 24.2. The summed E-state index contributed by atoms with van der Waals surface area (Å²) >= 11 is 6.08. The van der Waals surface area contributed by atoms with E-state index in [2.05, 4.69) is 5.10 Å². The minimum atomic E-state index is -0.455. The fourth-order valence-electron chi connectivity index (χ4n) is 3.75. The van der Waals surface area contributed by atoms with Gasteiger partial charge in [0.05, 0.1) is 17.0 Å². The number of likely N-dealkylation sites (tertiary alicyclic amines) is 2. The SMILES string of the molecule is COCCN1CCCC2(CCN(C(=O)c3nn(C)cc3Cl)C2)C1=O. The molecule has 0 saturated carbocycles. The van der Waals surface area contributed by atoms with Crippen LogP contribution in [-0.4, -0.2) is 71.3 Å². The van der Waals surface area contributed by atoms with E-state index in [1.54, 1.807) is 25.3 Å². The van der Waals surface area contributed by atoms with Crippen LogP contribution in [0.5, 0.6) is 0 Å². The van der Waals surface area contributed by atoms with Gasteiger partial charge in [-0.15, -0.1) is 0 Å². The molecule has 2 aliphatic rings. The minimum absolute atomic E-state index is 0.146. The molecule has 0 N–H and O–H groups in total. The maximum absolute atomic E-state index is 12.9. The van der Waals surface area contributed by atoms with Gasteiger partial charge in [0.15, 0.2) is 5.69 Å². The number of methoxy groups -OCH3 is 1. The van der Waals surface area contributed by atoms with Crippen molar-refractivity contribution in [3.8, 4) is 0 Å². The number of carbonyl (C=O) groups excluding carboxylic acids is 2. The number of piperidine rings is 1. The highest BCUT2D eigenvalue weighted by Crippen LogP contribution is 2.40. The third-order valence-electron chi connectivity index (χ3n) is 5.02. The van der Waals surface area contributed by atoms with Gasteiger partial charge in [-0.25, -0.2) is 0 Å². The zero-order chi connectivity index (χ0) is 17.3. The molecule has 1 unspecified atom stereocenters. The van der Waals surface area contributed by atoms with Gasteiger partial charge >= 0.3 is 0 Å². The van der Waals surface area contributed by atoms with E-state index in [-0.39, 0.29) is 17.5 Å². The highest BCUT2D eigenvalue weighted by molar-refractivity contribution is 6.33. The summed E-state index contributed by atoms with van der Waals surface area (Å²) in [6.45, 7) is 2.92. The third kappa shape index (κ3) is 3.02. The molecule has 132 valence electrons. The van der Waals surface area contributed by atoms with Gasteiger partial charge in [0.2, 0.25) is 5.91 Å². The van der Waals surface area contributed by atoms with Crippen LogP contribution in [0.2, 0.25) is 5.02 Å². The summed E-state index contributed by atoms with van der Waals surface area (Å²) in [7, 11) is 3.36. The molecule has 2 amide bonds. The second-order valence-corrected chi connectivity index (χ2v) is 7.05. The minimum Gasteiger partial charge on any atom is -0.383 e. The van der Waals surface area contributed by atoms with Crippen LogP contribution in [0.15, 0.2) is 6.20 Å². The van der Waals surface area contributed by atoms with Gasteiger partial charge in [-0.2, -0.15) is 5.10 Å². The van der Waals surface area contributed by atoms with Crippen LogP contribution in [0.3, 0.4) is 0 Å². The number of carbonyl (C=O) groups is 2. The number of hydrogen-bond acceptors (Lipinski definition) is 4. The summed E-state index contributed by atoms with van der Waals surface area (Å²) in [6.07, 6.45) is 4.10. The lowest BCUT2D eigenvalue weighted by atomic mass is 9.78. The number of aromatic nitrogens is 2. The summed E-state index contributed by atoms with van der Waals surface area (Å²) in [4.78, 5) is 29.2. The molecule has 3 heterocycles. The first-order chi connectivity index (χ1) is 11.5. The van der Waals surface area contributed by atoms with E-state index in [1.165, 1.54) is 4.68 Å². The number of rotatable bonds is 4. The lowest BCUT2D eigenvalue weighted by Crippen LogP contribution is -2.51. The Kier molecular flexibility index (Phi) is 4.83. The van der Waals surface area contributed by atoms with E-state index in [0.717, 1.165) is 19.4 Å². The van der Waals surface area contributed by atoms with Gasteiger partial charge in [0.25, 0.3) is 5.91 Å². The molecule has 7 nitrogen and oxygen atoms in total. The number of ether oxygens (including phenoxy) is 1. The van der Waals surface area contributed by atoms with Crippen molar-refractivity contribution in [2.24, 2.45) is 12.5 Å². The molecule has 0 aliphatic carbocycles. The largest absolute Gasteiger partial charge is 0.383 e. The summed E-state index contributed by atoms with van der Waals surface area (Å²) in [5.74, 6) is -0.0486. The molecule has 2 fully saturated rings. The fourth-order valence-corrected chi connectivity index (χ4v) is 4.01. The number of amides is 2. The van der Waals surface area contributed by atoms with Gasteiger partial charge in [0, 0.05) is 46.5 Å². The molecule has 1 atom stereocenters. The number of nitrogens with zero attached hydrogens (tertiary/aromatic N) is 4. The van der Waals surface area contributed by atoms with E-state index in [1.807, 2.05) is 4.90 Å². The van der Waals surface area contributed by atoms with Crippen molar-refractivity contribution in [1.29, 1.82) is 0 Å². The van der Waals surface area contributed by atoms with Crippen molar-refractivity contribution >= 4 is 23.4 Å². The lowest BCUT2D eigenvalue weighted by molar-refractivity contribution is -0.146. The van der Waals surface area contributed by atoms with E-state index in [9.17, 15) is 9.59 Å². The molecule has 3 rings (SSSR count). The van der Waals surface area contributed by atoms with Crippen LogP contribution in [0, 0.1) is 5.41 Å². The molecule has 24 heavy (non-hydrogen) atoms. The summed E-state index contributed by atoms with van der Waals surface area (Å²) < 4.78 is 6.62. The van der Waals surface area contributed by atoms with Crippen LogP contribution < -0.4 is 0 Å². The van der Waals surface area contributed by atoms with Gasteiger partial charge in [-0.1, -0.05) is 11.6 Å². The predicted octanol–water partition coefficient (Wildman–Crippen LogP) is 1.17. The smallest absolute Gasteiger partial charge is 0.275 e. The van der Waals surface area contributed by atoms with Crippen molar-refractivity contribution in [3.05, 3.63) is 16.9 Å². The lowest BCUT2D eigenvalue weighted by Gasteiger charge is -2.39. The Labute approximate surface area is 146 Å². The quantitative estimate of drug-likeness (QED) is 0.814. The second kappa shape index (κ2) is 6.72. The average molecular weight is 355 g/mol. The van der Waals surface area contributed by atoms with Crippen molar-refractivity contribution < 1.29 is 14.3 Å². The zero-order valence-electron chi connectivity index (χ0n) is 14.1. The second-order valence-electron chi connectivity index (χ2n) is 6.64. The summed E-state index contributed by atoms with van der Waals surface area (Å²) in [5, 5.41) is 4.49. The van der Waals surface area contributed by atoms with Crippen molar-refractivity contribution in [1.82, 2.24) is 19.6 Å². The Bertz CT molecular complexity index is 647. The van der Waals surface area contributed by atoms with Gasteiger partial charge in [-0.3, -0.25) is 14.3 Å². The number of halogens is 1. The maximum Gasteiger partial charge on any atom is 0.275 e. The van der Waals surface area contributed by atoms with Gasteiger partial charge in [-0.05, 0) is 19.3 Å². The van der Waals surface area contributed by atoms with Crippen LogP contribution in [0.4, 0.5) is 0 Å². The molecule has 2 saturated heterocycles. The third-order valence-corrected chi connectivity index (χ3v) is 5.29. The monoisotopic (exact) mass is 354 g/mol. The first-order valence-corrected chi connectivity index (χ1v) is 8.61. The fraction of sp³-hybridized carbons (Fsp3) is 0.688. The van der Waals surface area contributed by atoms with E-state index >= 15 is 0 Å². The molecule has 0 radical (unpaired) electrons. The number of hydrogen-bond donors (Lipinski definition) is 0. The Morgan fingerprint density at radius 3 is 2.88 bits per heavy atom. The van der Waals surface area contributed by atoms with Crippen LogP contribution in [-0.2, 0) is 16.6 Å². The summed E-state index contributed by atoms with van der Waals surface area (Å²) in [5.41, 5.74) is -0.196. The van der Waals surface area contributed by atoms with E-state index in [0.29, 0.717) is 37.7 Å². The Balaban J connectivity index is 1.72. The molecule has 1 spiro atoms. The molecular weight excluding hydrogens is 332 g/mol. The highest BCUT2D eigenvalue weighted by atomic mass is 35.5. The molecular formula is C16H23ClN4O3. The molecule has 1 aromatic heterocycles. The predicted molar refractivity (Wildman–Crippen MR) is 88.9 cm³/mol. The van der Waals surface area contributed by atoms with Crippen molar-refractivity contribution in [2.45, 2.75) is 19.3 Å². The average Bonchev–Trinajstić information content (AvgIpc) is 3.12. The van der Waals surface area contributed by atoms with Gasteiger partial charge in [0.1, 0.15) is 0 Å². The van der Waals surface area contributed by atoms with Crippen molar-refractivity contribution in [2.75, 3.05) is 39.9 Å². The van der Waals surface area contributed by atoms with E-state index in [4.69, 9.17) is 16.3 Å². The molecule has 8 heteroatoms. The first-order valence-electron chi connectivity index (χ1n) is 8.23.